The lowest BCUT2D eigenvalue weighted by molar-refractivity contribution is -0.384. The number of pyridine rings is 1. The minimum atomic E-state index is -0.392. The largest absolute Gasteiger partial charge is 0.269 e. The van der Waals surface area contributed by atoms with Crippen LogP contribution in [0.25, 0.3) is 21.3 Å². The van der Waals surface area contributed by atoms with Gasteiger partial charge in [-0.1, -0.05) is 0 Å². The molecule has 3 aromatic rings. The Labute approximate surface area is 107 Å². The zero-order chi connectivity index (χ0) is 12.5. The minimum Gasteiger partial charge on any atom is -0.258 e. The first-order chi connectivity index (χ1) is 8.75. The standard InChI is InChI=1S/C13H8N2O2S/c16-15(17)10-3-1-9(2-4-10)11-5-7-14-13-12(11)6-8-18-13/h1-8H. The Bertz CT molecular complexity index is 719. The van der Waals surface area contributed by atoms with Gasteiger partial charge >= 0.3 is 0 Å². The van der Waals surface area contributed by atoms with Crippen molar-refractivity contribution in [2.75, 3.05) is 0 Å². The van der Waals surface area contributed by atoms with Gasteiger partial charge in [0.1, 0.15) is 4.83 Å². The number of rotatable bonds is 2. The number of non-ortho nitro benzene ring substituents is 1. The van der Waals surface area contributed by atoms with Crippen LogP contribution in [0.15, 0.2) is 48.0 Å². The summed E-state index contributed by atoms with van der Waals surface area (Å²) in [6, 6.07) is 10.5. The molecule has 0 bridgehead atoms. The molecule has 0 aliphatic carbocycles. The van der Waals surface area contributed by atoms with Crippen molar-refractivity contribution in [3.63, 3.8) is 0 Å². The maximum absolute atomic E-state index is 10.6. The average molecular weight is 256 g/mol. The maximum Gasteiger partial charge on any atom is 0.269 e. The number of aromatic nitrogens is 1. The van der Waals surface area contributed by atoms with E-state index in [2.05, 4.69) is 4.98 Å². The Morgan fingerprint density at radius 3 is 2.61 bits per heavy atom. The molecule has 0 spiro atoms. The van der Waals surface area contributed by atoms with E-state index in [4.69, 9.17) is 0 Å². The third kappa shape index (κ3) is 1.74. The third-order valence-corrected chi connectivity index (χ3v) is 3.58. The van der Waals surface area contributed by atoms with Gasteiger partial charge in [-0.2, -0.15) is 0 Å². The molecular weight excluding hydrogens is 248 g/mol. The summed E-state index contributed by atoms with van der Waals surface area (Å²) in [4.78, 5) is 15.5. The van der Waals surface area contributed by atoms with Crippen LogP contribution in [0, 0.1) is 10.1 Å². The molecule has 0 saturated heterocycles. The second-order valence-electron chi connectivity index (χ2n) is 3.80. The Hall–Kier alpha value is -2.27. The van der Waals surface area contributed by atoms with Crippen molar-refractivity contribution >= 4 is 27.2 Å². The number of nitrogens with zero attached hydrogens (tertiary/aromatic N) is 2. The van der Waals surface area contributed by atoms with Gasteiger partial charge in [0.25, 0.3) is 5.69 Å². The van der Waals surface area contributed by atoms with Crippen LogP contribution in [0.1, 0.15) is 0 Å². The van der Waals surface area contributed by atoms with Crippen molar-refractivity contribution in [1.82, 2.24) is 4.98 Å². The lowest BCUT2D eigenvalue weighted by atomic mass is 10.0. The Balaban J connectivity index is 2.14. The molecular formula is C13H8N2O2S. The van der Waals surface area contributed by atoms with E-state index in [9.17, 15) is 10.1 Å². The van der Waals surface area contributed by atoms with Crippen molar-refractivity contribution in [1.29, 1.82) is 0 Å². The highest BCUT2D eigenvalue weighted by Crippen LogP contribution is 2.30. The Morgan fingerprint density at radius 2 is 1.89 bits per heavy atom. The zero-order valence-electron chi connectivity index (χ0n) is 9.24. The lowest BCUT2D eigenvalue weighted by Gasteiger charge is -2.02. The molecule has 2 aromatic heterocycles. The summed E-state index contributed by atoms with van der Waals surface area (Å²) in [5, 5.41) is 13.7. The molecule has 88 valence electrons. The molecule has 1 aromatic carbocycles. The minimum absolute atomic E-state index is 0.106. The van der Waals surface area contributed by atoms with Crippen molar-refractivity contribution in [3.8, 4) is 11.1 Å². The quantitative estimate of drug-likeness (QED) is 0.516. The van der Waals surface area contributed by atoms with Crippen molar-refractivity contribution in [2.24, 2.45) is 0 Å². The molecule has 18 heavy (non-hydrogen) atoms. The van der Waals surface area contributed by atoms with Gasteiger partial charge in [0.05, 0.1) is 4.92 Å². The molecule has 0 amide bonds. The average Bonchev–Trinajstić information content (AvgIpc) is 2.87. The van der Waals surface area contributed by atoms with Gasteiger partial charge in [0, 0.05) is 23.7 Å². The second-order valence-corrected chi connectivity index (χ2v) is 4.70. The van der Waals surface area contributed by atoms with E-state index in [0.717, 1.165) is 21.3 Å². The van der Waals surface area contributed by atoms with Crippen LogP contribution >= 0.6 is 11.3 Å². The maximum atomic E-state index is 10.6. The summed E-state index contributed by atoms with van der Waals surface area (Å²) < 4.78 is 0. The Kier molecular flexibility index (Phi) is 2.53. The molecule has 2 heterocycles. The molecule has 0 N–H and O–H groups in total. The van der Waals surface area contributed by atoms with E-state index in [0.29, 0.717) is 0 Å². The number of nitro benzene ring substituents is 1. The highest BCUT2D eigenvalue weighted by Gasteiger charge is 2.08. The molecule has 5 heteroatoms. The summed E-state index contributed by atoms with van der Waals surface area (Å²) in [5.41, 5.74) is 2.12. The predicted octanol–water partition coefficient (Wildman–Crippen LogP) is 3.87. The summed E-state index contributed by atoms with van der Waals surface area (Å²) in [6.07, 6.45) is 1.76. The predicted molar refractivity (Wildman–Crippen MR) is 71.7 cm³/mol. The van der Waals surface area contributed by atoms with Gasteiger partial charge in [-0.3, -0.25) is 10.1 Å². The highest BCUT2D eigenvalue weighted by molar-refractivity contribution is 7.16. The summed E-state index contributed by atoms with van der Waals surface area (Å²) >= 11 is 1.58. The van der Waals surface area contributed by atoms with E-state index in [1.54, 1.807) is 29.7 Å². The smallest absolute Gasteiger partial charge is 0.258 e. The molecule has 0 fully saturated rings. The van der Waals surface area contributed by atoms with Crippen LogP contribution in [0.5, 0.6) is 0 Å². The summed E-state index contributed by atoms with van der Waals surface area (Å²) in [6.45, 7) is 0. The van der Waals surface area contributed by atoms with Crippen LogP contribution in [0.3, 0.4) is 0 Å². The molecule has 4 nitrogen and oxygen atoms in total. The number of hydrogen-bond acceptors (Lipinski definition) is 4. The molecule has 0 saturated carbocycles. The molecule has 0 radical (unpaired) electrons. The van der Waals surface area contributed by atoms with Crippen molar-refractivity contribution < 1.29 is 4.92 Å². The second kappa shape index (κ2) is 4.19. The summed E-state index contributed by atoms with van der Waals surface area (Å²) in [5.74, 6) is 0. The highest BCUT2D eigenvalue weighted by atomic mass is 32.1. The SMILES string of the molecule is O=[N+]([O-])c1ccc(-c2ccnc3sccc23)cc1. The van der Waals surface area contributed by atoms with Gasteiger partial charge in [-0.15, -0.1) is 11.3 Å². The first-order valence-electron chi connectivity index (χ1n) is 5.33. The van der Waals surface area contributed by atoms with Gasteiger partial charge in [0.15, 0.2) is 0 Å². The van der Waals surface area contributed by atoms with Crippen LogP contribution in [-0.2, 0) is 0 Å². The lowest BCUT2D eigenvalue weighted by Crippen LogP contribution is -1.87. The van der Waals surface area contributed by atoms with E-state index >= 15 is 0 Å². The van der Waals surface area contributed by atoms with Crippen LogP contribution in [-0.4, -0.2) is 9.91 Å². The fourth-order valence-corrected chi connectivity index (χ4v) is 2.65. The van der Waals surface area contributed by atoms with E-state index in [1.165, 1.54) is 12.1 Å². The molecule has 3 rings (SSSR count). The topological polar surface area (TPSA) is 56.0 Å². The van der Waals surface area contributed by atoms with Gasteiger partial charge in [-0.05, 0) is 40.8 Å². The monoisotopic (exact) mass is 256 g/mol. The third-order valence-electron chi connectivity index (χ3n) is 2.76. The normalized spacial score (nSPS) is 10.7. The van der Waals surface area contributed by atoms with E-state index in [1.807, 2.05) is 17.5 Å². The van der Waals surface area contributed by atoms with Crippen LogP contribution in [0.2, 0.25) is 0 Å². The fourth-order valence-electron chi connectivity index (χ4n) is 1.89. The Morgan fingerprint density at radius 1 is 1.11 bits per heavy atom. The number of thiophene rings is 1. The molecule has 0 atom stereocenters. The van der Waals surface area contributed by atoms with Gasteiger partial charge in [0.2, 0.25) is 0 Å². The van der Waals surface area contributed by atoms with Crippen molar-refractivity contribution in [2.45, 2.75) is 0 Å². The molecule has 0 aliphatic heterocycles. The number of benzene rings is 1. The van der Waals surface area contributed by atoms with Crippen molar-refractivity contribution in [3.05, 3.63) is 58.1 Å². The number of nitro groups is 1. The van der Waals surface area contributed by atoms with Crippen LogP contribution < -0.4 is 0 Å². The first-order valence-corrected chi connectivity index (χ1v) is 6.21. The first kappa shape index (κ1) is 10.9. The van der Waals surface area contributed by atoms with E-state index < -0.39 is 4.92 Å². The van der Waals surface area contributed by atoms with Gasteiger partial charge in [-0.25, -0.2) is 4.98 Å². The van der Waals surface area contributed by atoms with Gasteiger partial charge < -0.3 is 0 Å². The fraction of sp³-hybridized carbons (Fsp3) is 0. The zero-order valence-corrected chi connectivity index (χ0v) is 10.1. The number of hydrogen-bond donors (Lipinski definition) is 0. The summed E-state index contributed by atoms with van der Waals surface area (Å²) in [7, 11) is 0. The molecule has 0 aliphatic rings. The number of fused-ring (bicyclic) bond motifs is 1. The van der Waals surface area contributed by atoms with E-state index in [-0.39, 0.29) is 5.69 Å². The van der Waals surface area contributed by atoms with Crippen LogP contribution in [0.4, 0.5) is 5.69 Å². The molecule has 0 unspecified atom stereocenters.